The number of methoxy groups -OCH3 is 2. The van der Waals surface area contributed by atoms with Crippen LogP contribution in [0, 0.1) is 0 Å². The molecule has 0 aliphatic heterocycles. The van der Waals surface area contributed by atoms with Crippen LogP contribution >= 0.6 is 0 Å². The van der Waals surface area contributed by atoms with Gasteiger partial charge in [-0.3, -0.25) is 4.68 Å². The Morgan fingerprint density at radius 3 is 3.00 bits per heavy atom. The van der Waals surface area contributed by atoms with Gasteiger partial charge in [-0.2, -0.15) is 0 Å². The molecule has 0 fully saturated rings. The highest BCUT2D eigenvalue weighted by Crippen LogP contribution is 1.94. The number of nitrogens with one attached hydrogen (secondary N) is 1. The van der Waals surface area contributed by atoms with Gasteiger partial charge in [0.15, 0.2) is 0 Å². The number of ether oxygens (including phenoxy) is 2. The second-order valence-electron chi connectivity index (χ2n) is 3.71. The molecule has 1 unspecified atom stereocenters. The van der Waals surface area contributed by atoms with E-state index in [-0.39, 0.29) is 6.10 Å². The molecule has 7 heteroatoms. The van der Waals surface area contributed by atoms with Gasteiger partial charge in [-0.05, 0) is 0 Å². The Bertz CT molecular complexity index is 305. The molecule has 0 bridgehead atoms. The summed E-state index contributed by atoms with van der Waals surface area (Å²) in [7, 11) is 3.33. The first kappa shape index (κ1) is 14.0. The molecule has 0 spiro atoms. The quantitative estimate of drug-likeness (QED) is 0.578. The molecule has 0 saturated carbocycles. The molecular formula is C10H21N5O2. The normalized spacial score (nSPS) is 12.9. The van der Waals surface area contributed by atoms with E-state index in [0.717, 1.165) is 5.69 Å². The van der Waals surface area contributed by atoms with Crippen LogP contribution in [-0.4, -0.2) is 55.0 Å². The fourth-order valence-electron chi connectivity index (χ4n) is 1.42. The zero-order valence-corrected chi connectivity index (χ0v) is 10.4. The van der Waals surface area contributed by atoms with E-state index in [2.05, 4.69) is 15.6 Å². The zero-order chi connectivity index (χ0) is 12.5. The summed E-state index contributed by atoms with van der Waals surface area (Å²) in [5, 5.41) is 11.2. The summed E-state index contributed by atoms with van der Waals surface area (Å²) in [5.41, 5.74) is 6.32. The number of aromatic nitrogens is 3. The summed E-state index contributed by atoms with van der Waals surface area (Å²) in [6.45, 7) is 3.21. The number of hydrogen-bond acceptors (Lipinski definition) is 6. The molecule has 1 atom stereocenters. The van der Waals surface area contributed by atoms with E-state index in [9.17, 15) is 0 Å². The van der Waals surface area contributed by atoms with Crippen LogP contribution in [0.15, 0.2) is 6.20 Å². The summed E-state index contributed by atoms with van der Waals surface area (Å²) in [6.07, 6.45) is 1.94. The minimum atomic E-state index is 0.0547. The lowest BCUT2D eigenvalue weighted by molar-refractivity contribution is 0.0287. The number of nitrogens with zero attached hydrogens (tertiary/aromatic N) is 3. The van der Waals surface area contributed by atoms with Crippen molar-refractivity contribution in [3.8, 4) is 0 Å². The molecule has 1 aromatic rings. The fourth-order valence-corrected chi connectivity index (χ4v) is 1.42. The van der Waals surface area contributed by atoms with Crippen LogP contribution < -0.4 is 11.1 Å². The maximum atomic E-state index is 5.43. The summed E-state index contributed by atoms with van der Waals surface area (Å²) in [6, 6.07) is 0. The van der Waals surface area contributed by atoms with E-state index in [0.29, 0.717) is 32.8 Å². The van der Waals surface area contributed by atoms with Crippen molar-refractivity contribution in [2.75, 3.05) is 33.9 Å². The van der Waals surface area contributed by atoms with Crippen LogP contribution in [0.2, 0.25) is 0 Å². The third-order valence-electron chi connectivity index (χ3n) is 2.31. The number of rotatable bonds is 9. The molecule has 7 nitrogen and oxygen atoms in total. The molecule has 1 rings (SSSR count). The van der Waals surface area contributed by atoms with Gasteiger partial charge in [0, 0.05) is 40.1 Å². The van der Waals surface area contributed by atoms with Crippen molar-refractivity contribution < 1.29 is 9.47 Å². The average Bonchev–Trinajstić information content (AvgIpc) is 2.76. The van der Waals surface area contributed by atoms with Crippen molar-refractivity contribution in [3.63, 3.8) is 0 Å². The van der Waals surface area contributed by atoms with Crippen LogP contribution in [0.3, 0.4) is 0 Å². The van der Waals surface area contributed by atoms with Gasteiger partial charge in [-0.1, -0.05) is 5.21 Å². The van der Waals surface area contributed by atoms with E-state index in [1.165, 1.54) is 0 Å². The minimum Gasteiger partial charge on any atom is -0.382 e. The van der Waals surface area contributed by atoms with Gasteiger partial charge in [0.1, 0.15) is 0 Å². The average molecular weight is 243 g/mol. The molecule has 0 radical (unpaired) electrons. The lowest BCUT2D eigenvalue weighted by Crippen LogP contribution is -2.31. The molecule has 98 valence electrons. The highest BCUT2D eigenvalue weighted by molar-refractivity contribution is 4.91. The van der Waals surface area contributed by atoms with E-state index < -0.39 is 0 Å². The summed E-state index contributed by atoms with van der Waals surface area (Å²) >= 11 is 0. The lowest BCUT2D eigenvalue weighted by Gasteiger charge is -2.14. The van der Waals surface area contributed by atoms with Gasteiger partial charge < -0.3 is 20.5 Å². The van der Waals surface area contributed by atoms with Crippen LogP contribution in [0.4, 0.5) is 0 Å². The number of nitrogens with two attached hydrogens (primary N) is 1. The Labute approximate surface area is 101 Å². The summed E-state index contributed by atoms with van der Waals surface area (Å²) in [5.74, 6) is 0. The third-order valence-corrected chi connectivity index (χ3v) is 2.31. The summed E-state index contributed by atoms with van der Waals surface area (Å²) < 4.78 is 12.0. The Balaban J connectivity index is 2.24. The molecule has 0 aliphatic carbocycles. The molecule has 1 aromatic heterocycles. The van der Waals surface area contributed by atoms with Crippen molar-refractivity contribution in [1.82, 2.24) is 20.3 Å². The van der Waals surface area contributed by atoms with Crippen molar-refractivity contribution in [1.29, 1.82) is 0 Å². The number of hydrogen-bond donors (Lipinski definition) is 2. The molecule has 0 amide bonds. The van der Waals surface area contributed by atoms with Gasteiger partial charge in [0.25, 0.3) is 0 Å². The maximum Gasteiger partial charge on any atom is 0.0964 e. The van der Waals surface area contributed by atoms with Crippen LogP contribution in [0.1, 0.15) is 5.69 Å². The Hall–Kier alpha value is -1.02. The Kier molecular flexibility index (Phi) is 6.71. The topological polar surface area (TPSA) is 87.2 Å². The van der Waals surface area contributed by atoms with Crippen LogP contribution in [0.25, 0.3) is 0 Å². The second-order valence-corrected chi connectivity index (χ2v) is 3.71. The first-order chi connectivity index (χ1) is 8.30. The van der Waals surface area contributed by atoms with Crippen molar-refractivity contribution >= 4 is 0 Å². The van der Waals surface area contributed by atoms with Gasteiger partial charge in [0.05, 0.1) is 24.9 Å². The molecule has 0 saturated heterocycles. The van der Waals surface area contributed by atoms with E-state index in [1.807, 2.05) is 6.20 Å². The second kappa shape index (κ2) is 8.13. The Morgan fingerprint density at radius 1 is 1.53 bits per heavy atom. The molecule has 3 N–H and O–H groups in total. The monoisotopic (exact) mass is 243 g/mol. The van der Waals surface area contributed by atoms with Crippen molar-refractivity contribution in [2.45, 2.75) is 19.2 Å². The molecular weight excluding hydrogens is 222 g/mol. The predicted molar refractivity (Wildman–Crippen MR) is 63.5 cm³/mol. The van der Waals surface area contributed by atoms with Crippen LogP contribution in [-0.2, 0) is 22.6 Å². The van der Waals surface area contributed by atoms with E-state index in [1.54, 1.807) is 18.9 Å². The van der Waals surface area contributed by atoms with Gasteiger partial charge in [-0.15, -0.1) is 5.10 Å². The van der Waals surface area contributed by atoms with Crippen molar-refractivity contribution in [3.05, 3.63) is 11.9 Å². The zero-order valence-electron chi connectivity index (χ0n) is 10.4. The van der Waals surface area contributed by atoms with Gasteiger partial charge >= 0.3 is 0 Å². The Morgan fingerprint density at radius 2 is 2.35 bits per heavy atom. The van der Waals surface area contributed by atoms with Crippen LogP contribution in [0.5, 0.6) is 0 Å². The molecule has 0 aliphatic rings. The first-order valence-corrected chi connectivity index (χ1v) is 5.61. The fraction of sp³-hybridized carbons (Fsp3) is 0.800. The largest absolute Gasteiger partial charge is 0.382 e. The van der Waals surface area contributed by atoms with Gasteiger partial charge in [0.2, 0.25) is 0 Å². The lowest BCUT2D eigenvalue weighted by atomic mass is 10.3. The first-order valence-electron chi connectivity index (χ1n) is 5.61. The molecule has 17 heavy (non-hydrogen) atoms. The highest BCUT2D eigenvalue weighted by Gasteiger charge is 2.06. The SMILES string of the molecule is COCC(CNCc1cn(CCN)nn1)OC. The highest BCUT2D eigenvalue weighted by atomic mass is 16.5. The van der Waals surface area contributed by atoms with E-state index >= 15 is 0 Å². The standard InChI is InChI=1S/C10H21N5O2/c1-16-8-10(17-2)6-12-5-9-7-15(4-3-11)14-13-9/h7,10,12H,3-6,8,11H2,1-2H3. The molecule has 0 aromatic carbocycles. The maximum absolute atomic E-state index is 5.43. The predicted octanol–water partition coefficient (Wildman–Crippen LogP) is -1.01. The van der Waals surface area contributed by atoms with Gasteiger partial charge in [-0.25, -0.2) is 0 Å². The van der Waals surface area contributed by atoms with E-state index in [4.69, 9.17) is 15.2 Å². The minimum absolute atomic E-state index is 0.0547. The molecule has 1 heterocycles. The third kappa shape index (κ3) is 5.22. The smallest absolute Gasteiger partial charge is 0.0964 e. The van der Waals surface area contributed by atoms with Crippen molar-refractivity contribution in [2.24, 2.45) is 5.73 Å². The summed E-state index contributed by atoms with van der Waals surface area (Å²) in [4.78, 5) is 0.